The number of esters is 1. The second-order valence-corrected chi connectivity index (χ2v) is 9.85. The Balaban J connectivity index is 2.01. The summed E-state index contributed by atoms with van der Waals surface area (Å²) >= 11 is 0. The van der Waals surface area contributed by atoms with Crippen LogP contribution in [0.4, 0.5) is 5.69 Å². The molecule has 1 aromatic carbocycles. The first kappa shape index (κ1) is 29.9. The number of methoxy groups -OCH3 is 1. The molecule has 1 aliphatic carbocycles. The molecule has 0 saturated heterocycles. The Morgan fingerprint density at radius 3 is 2.33 bits per heavy atom. The van der Waals surface area contributed by atoms with Gasteiger partial charge in [-0.15, -0.1) is 0 Å². The van der Waals surface area contributed by atoms with Crippen LogP contribution < -0.4 is 15.8 Å². The van der Waals surface area contributed by atoms with Crippen LogP contribution >= 0.6 is 0 Å². The highest BCUT2D eigenvalue weighted by atomic mass is 16.5. The molecule has 1 saturated carbocycles. The highest BCUT2D eigenvalue weighted by Gasteiger charge is 2.46. The number of carbonyl (C=O) groups is 6. The molecule has 3 rings (SSSR count). The largest absolute Gasteiger partial charge is 0.503 e. The highest BCUT2D eigenvalue weighted by Crippen LogP contribution is 2.29. The molecule has 1 amide bonds. The second kappa shape index (κ2) is 12.5. The summed E-state index contributed by atoms with van der Waals surface area (Å²) in [6.45, 7) is 4.45. The fourth-order valence-electron chi connectivity index (χ4n) is 4.31. The van der Waals surface area contributed by atoms with Crippen LogP contribution in [0, 0.1) is 17.8 Å². The monoisotopic (exact) mass is 553 g/mol. The molecule has 0 bridgehead atoms. The standard InChI is InChI=1S/C28H31N3O9/c1-13(2)28(38)40-26-14(3)22(33)24(35)18(31-27(37)21-25(36)20(39-4)9-10-30-21)12-19(32)23(34)17(26)11-15-5-7-16(29)8-6-15/h5-10,13-14,17-18,26,36H,11-12,29H2,1-4H3,(H,31,37)/t14-,17+,18+,26-/m1/s1. The molecule has 1 fully saturated rings. The number of aromatic nitrogens is 1. The van der Waals surface area contributed by atoms with Crippen LogP contribution in [0.3, 0.4) is 0 Å². The molecule has 0 spiro atoms. The number of aromatic hydroxyl groups is 1. The van der Waals surface area contributed by atoms with Crippen LogP contribution in [0.2, 0.25) is 0 Å². The van der Waals surface area contributed by atoms with Crippen molar-refractivity contribution in [3.8, 4) is 11.5 Å². The van der Waals surface area contributed by atoms with Gasteiger partial charge in [-0.2, -0.15) is 0 Å². The third-order valence-electron chi connectivity index (χ3n) is 6.65. The fraction of sp³-hybridized carbons (Fsp3) is 0.393. The van der Waals surface area contributed by atoms with Crippen LogP contribution in [0.25, 0.3) is 0 Å². The number of hydrogen-bond donors (Lipinski definition) is 3. The van der Waals surface area contributed by atoms with Crippen LogP contribution in [0.5, 0.6) is 11.5 Å². The lowest BCUT2D eigenvalue weighted by molar-refractivity contribution is -0.163. The van der Waals surface area contributed by atoms with Gasteiger partial charge >= 0.3 is 5.97 Å². The number of nitrogens with one attached hydrogen (secondary N) is 1. The van der Waals surface area contributed by atoms with Crippen LogP contribution in [-0.4, -0.2) is 64.4 Å². The molecule has 40 heavy (non-hydrogen) atoms. The summed E-state index contributed by atoms with van der Waals surface area (Å²) in [5.74, 6) is -9.94. The summed E-state index contributed by atoms with van der Waals surface area (Å²) in [6.07, 6.45) is -1.16. The first-order valence-corrected chi connectivity index (χ1v) is 12.6. The number of ether oxygens (including phenoxy) is 2. The van der Waals surface area contributed by atoms with Gasteiger partial charge in [-0.3, -0.25) is 28.8 Å². The normalized spacial score (nSPS) is 21.8. The topological polar surface area (TPSA) is 192 Å². The number of rotatable bonds is 7. The quantitative estimate of drug-likeness (QED) is 0.254. The Morgan fingerprint density at radius 2 is 1.73 bits per heavy atom. The minimum Gasteiger partial charge on any atom is -0.503 e. The van der Waals surface area contributed by atoms with Gasteiger partial charge in [-0.1, -0.05) is 32.9 Å². The van der Waals surface area contributed by atoms with Crippen molar-refractivity contribution in [1.82, 2.24) is 10.3 Å². The number of anilines is 1. The van der Waals surface area contributed by atoms with Crippen LogP contribution in [0.15, 0.2) is 36.5 Å². The van der Waals surface area contributed by atoms with E-state index in [4.69, 9.17) is 15.2 Å². The van der Waals surface area contributed by atoms with Gasteiger partial charge in [-0.05, 0) is 24.1 Å². The Kier molecular flexibility index (Phi) is 9.35. The predicted molar refractivity (Wildman–Crippen MR) is 140 cm³/mol. The lowest BCUT2D eigenvalue weighted by Gasteiger charge is -2.29. The summed E-state index contributed by atoms with van der Waals surface area (Å²) in [5.41, 5.74) is 6.28. The smallest absolute Gasteiger partial charge is 0.308 e. The molecule has 0 radical (unpaired) electrons. The van der Waals surface area contributed by atoms with Gasteiger partial charge in [0, 0.05) is 24.4 Å². The van der Waals surface area contributed by atoms with E-state index in [1.807, 2.05) is 0 Å². The molecule has 12 nitrogen and oxygen atoms in total. The summed E-state index contributed by atoms with van der Waals surface area (Å²) in [5, 5.41) is 12.5. The number of nitrogen functional groups attached to an aromatic ring is 1. The molecular formula is C28H31N3O9. The minimum absolute atomic E-state index is 0.0720. The van der Waals surface area contributed by atoms with Gasteiger partial charge in [0.15, 0.2) is 17.2 Å². The van der Waals surface area contributed by atoms with Crippen molar-refractivity contribution in [3.63, 3.8) is 0 Å². The number of carbonyl (C=O) groups excluding carboxylic acids is 6. The first-order valence-electron chi connectivity index (χ1n) is 12.6. The van der Waals surface area contributed by atoms with Crippen molar-refractivity contribution in [2.75, 3.05) is 12.8 Å². The first-order chi connectivity index (χ1) is 18.8. The van der Waals surface area contributed by atoms with Crippen molar-refractivity contribution < 1.29 is 43.3 Å². The van der Waals surface area contributed by atoms with Crippen molar-refractivity contribution in [2.24, 2.45) is 17.8 Å². The Bertz CT molecular complexity index is 1340. The molecule has 4 atom stereocenters. The van der Waals surface area contributed by atoms with Gasteiger partial charge < -0.3 is 25.6 Å². The molecule has 1 aromatic heterocycles. The van der Waals surface area contributed by atoms with Crippen molar-refractivity contribution in [3.05, 3.63) is 47.8 Å². The van der Waals surface area contributed by atoms with Crippen molar-refractivity contribution in [1.29, 1.82) is 0 Å². The number of amides is 1. The number of hydrogen-bond acceptors (Lipinski definition) is 11. The fourth-order valence-corrected chi connectivity index (χ4v) is 4.31. The van der Waals surface area contributed by atoms with Crippen molar-refractivity contribution >= 4 is 40.7 Å². The maximum atomic E-state index is 13.5. The molecule has 0 aliphatic heterocycles. The number of nitrogens with two attached hydrogens (primary N) is 1. The zero-order valence-corrected chi connectivity index (χ0v) is 22.5. The van der Waals surface area contributed by atoms with E-state index in [0.717, 1.165) is 0 Å². The maximum Gasteiger partial charge on any atom is 0.308 e. The molecule has 4 N–H and O–H groups in total. The lowest BCUT2D eigenvalue weighted by Crippen LogP contribution is -2.47. The Morgan fingerprint density at radius 1 is 1.07 bits per heavy atom. The van der Waals surface area contributed by atoms with E-state index in [9.17, 15) is 33.9 Å². The van der Waals surface area contributed by atoms with E-state index in [-0.39, 0.29) is 12.2 Å². The van der Waals surface area contributed by atoms with E-state index in [0.29, 0.717) is 11.3 Å². The summed E-state index contributed by atoms with van der Waals surface area (Å²) in [7, 11) is 1.26. The number of nitrogens with zero attached hydrogens (tertiary/aromatic N) is 1. The number of benzene rings is 1. The molecule has 1 heterocycles. The summed E-state index contributed by atoms with van der Waals surface area (Å²) < 4.78 is 10.5. The van der Waals surface area contributed by atoms with E-state index in [2.05, 4.69) is 10.3 Å². The molecule has 212 valence electrons. The highest BCUT2D eigenvalue weighted by molar-refractivity contribution is 6.44. The van der Waals surface area contributed by atoms with Gasteiger partial charge in [0.05, 0.1) is 24.9 Å². The van der Waals surface area contributed by atoms with Crippen molar-refractivity contribution in [2.45, 2.75) is 45.8 Å². The third-order valence-corrected chi connectivity index (χ3v) is 6.65. The average Bonchev–Trinajstić information content (AvgIpc) is 2.94. The second-order valence-electron chi connectivity index (χ2n) is 9.85. The van der Waals surface area contributed by atoms with E-state index in [1.54, 1.807) is 38.1 Å². The van der Waals surface area contributed by atoms with E-state index in [1.165, 1.54) is 26.3 Å². The van der Waals surface area contributed by atoms with Gasteiger partial charge in [-0.25, -0.2) is 4.98 Å². The summed E-state index contributed by atoms with van der Waals surface area (Å²) in [6, 6.07) is 6.02. The van der Waals surface area contributed by atoms with Gasteiger partial charge in [0.25, 0.3) is 5.91 Å². The molecule has 12 heteroatoms. The zero-order chi connectivity index (χ0) is 29.7. The van der Waals surface area contributed by atoms with E-state index >= 15 is 0 Å². The van der Waals surface area contributed by atoms with E-state index < -0.39 is 82.8 Å². The molecule has 0 unspecified atom stereocenters. The predicted octanol–water partition coefficient (Wildman–Crippen LogP) is 1.22. The molecule has 1 aliphatic rings. The van der Waals surface area contributed by atoms with Gasteiger partial charge in [0.2, 0.25) is 23.1 Å². The Labute approximate surface area is 230 Å². The number of pyridine rings is 1. The SMILES string of the molecule is COc1ccnc(C(=O)N[C@H]2CC(=O)C(=O)[C@H](Cc3ccc(N)cc3)[C@H](OC(=O)C(C)C)[C@H](C)C(=O)C2=O)c1O. The van der Waals surface area contributed by atoms with Gasteiger partial charge in [0.1, 0.15) is 12.1 Å². The average molecular weight is 554 g/mol. The zero-order valence-electron chi connectivity index (χ0n) is 22.5. The molecular weight excluding hydrogens is 522 g/mol. The Hall–Kier alpha value is -4.61. The number of Topliss-reactive ketones (excluding diaryl/α,β-unsaturated/α-hetero) is 4. The third kappa shape index (κ3) is 6.50. The van der Waals surface area contributed by atoms with Crippen LogP contribution in [0.1, 0.15) is 43.2 Å². The maximum absolute atomic E-state index is 13.5. The lowest BCUT2D eigenvalue weighted by atomic mass is 9.81. The summed E-state index contributed by atoms with van der Waals surface area (Å²) in [4.78, 5) is 82.6. The molecule has 2 aromatic rings. The minimum atomic E-state index is -1.73. The number of ketones is 4. The van der Waals surface area contributed by atoms with Crippen LogP contribution in [-0.2, 0) is 35.1 Å².